The average molecular weight is 233 g/mol. The van der Waals surface area contributed by atoms with Gasteiger partial charge in [0, 0.05) is 13.7 Å². The van der Waals surface area contributed by atoms with E-state index in [1.165, 1.54) is 11.1 Å². The lowest BCUT2D eigenvalue weighted by Crippen LogP contribution is -2.19. The van der Waals surface area contributed by atoms with Crippen molar-refractivity contribution in [2.24, 2.45) is 0 Å². The van der Waals surface area contributed by atoms with Crippen LogP contribution in [0.3, 0.4) is 0 Å². The number of imidazole rings is 1. The van der Waals surface area contributed by atoms with E-state index in [0.29, 0.717) is 0 Å². The Balaban J connectivity index is 2.09. The molecule has 4 nitrogen and oxygen atoms in total. The minimum atomic E-state index is 0.721. The molecule has 0 amide bonds. The first kappa shape index (κ1) is 12.1. The minimum Gasteiger partial charge on any atom is -0.383 e. The molecule has 17 heavy (non-hydrogen) atoms. The highest BCUT2D eigenvalue weighted by Crippen LogP contribution is 2.17. The van der Waals surface area contributed by atoms with Gasteiger partial charge < -0.3 is 15.0 Å². The fourth-order valence-electron chi connectivity index (χ4n) is 1.79. The Bertz CT molecular complexity index is 466. The maximum absolute atomic E-state index is 4.98. The van der Waals surface area contributed by atoms with E-state index in [-0.39, 0.29) is 0 Å². The lowest BCUT2D eigenvalue weighted by atomic mass is 10.1. The predicted molar refractivity (Wildman–Crippen MR) is 69.2 cm³/mol. The first-order chi connectivity index (χ1) is 8.20. The number of nitrogens with one attached hydrogen (secondary N) is 2. The molecule has 0 spiro atoms. The number of ether oxygens (including phenoxy) is 1. The summed E-state index contributed by atoms with van der Waals surface area (Å²) in [7, 11) is 1.70. The first-order valence-electron chi connectivity index (χ1n) is 5.86. The smallest absolute Gasteiger partial charge is 0.121 e. The topological polar surface area (TPSA) is 49.9 Å². The second-order valence-corrected chi connectivity index (χ2v) is 4.31. The molecule has 0 bridgehead atoms. The summed E-state index contributed by atoms with van der Waals surface area (Å²) in [4.78, 5) is 7.88. The van der Waals surface area contributed by atoms with Crippen molar-refractivity contribution in [1.29, 1.82) is 0 Å². The van der Waals surface area contributed by atoms with Crippen molar-refractivity contribution in [2.75, 3.05) is 20.3 Å². The molecule has 92 valence electrons. The van der Waals surface area contributed by atoms with E-state index in [2.05, 4.69) is 41.3 Å². The van der Waals surface area contributed by atoms with Crippen LogP contribution in [0.5, 0.6) is 0 Å². The number of nitrogens with zero attached hydrogens (tertiary/aromatic N) is 1. The number of rotatable bonds is 5. The summed E-state index contributed by atoms with van der Waals surface area (Å²) in [5.41, 5.74) is 4.72. The van der Waals surface area contributed by atoms with Gasteiger partial charge in [0.1, 0.15) is 5.82 Å². The Kier molecular flexibility index (Phi) is 3.76. The number of methoxy groups -OCH3 is 1. The highest BCUT2D eigenvalue weighted by Gasteiger charge is 2.04. The van der Waals surface area contributed by atoms with Gasteiger partial charge in [-0.3, -0.25) is 0 Å². The Morgan fingerprint density at radius 2 is 2.06 bits per heavy atom. The van der Waals surface area contributed by atoms with Crippen LogP contribution in [0.1, 0.15) is 17.0 Å². The van der Waals surface area contributed by atoms with Crippen molar-refractivity contribution in [3.05, 3.63) is 29.1 Å². The van der Waals surface area contributed by atoms with Crippen LogP contribution >= 0.6 is 0 Å². The van der Waals surface area contributed by atoms with Crippen LogP contribution in [0.2, 0.25) is 0 Å². The van der Waals surface area contributed by atoms with E-state index in [1.54, 1.807) is 7.11 Å². The van der Waals surface area contributed by atoms with E-state index in [0.717, 1.165) is 36.6 Å². The third kappa shape index (κ3) is 2.84. The maximum atomic E-state index is 4.98. The van der Waals surface area contributed by atoms with Gasteiger partial charge in [-0.25, -0.2) is 4.98 Å². The molecule has 0 aliphatic heterocycles. The lowest BCUT2D eigenvalue weighted by Gasteiger charge is -2.00. The number of benzene rings is 1. The molecule has 4 heteroatoms. The molecule has 0 aliphatic carbocycles. The number of aryl methyl sites for hydroxylation is 2. The monoisotopic (exact) mass is 233 g/mol. The number of hydrogen-bond donors (Lipinski definition) is 2. The normalized spacial score (nSPS) is 11.2. The molecule has 0 fully saturated rings. The number of fused-ring (bicyclic) bond motifs is 1. The first-order valence-corrected chi connectivity index (χ1v) is 5.86. The summed E-state index contributed by atoms with van der Waals surface area (Å²) < 4.78 is 4.98. The van der Waals surface area contributed by atoms with Crippen LogP contribution in [0.15, 0.2) is 12.1 Å². The second-order valence-electron chi connectivity index (χ2n) is 4.31. The molecule has 0 atom stereocenters. The van der Waals surface area contributed by atoms with Gasteiger partial charge in [0.15, 0.2) is 0 Å². The quantitative estimate of drug-likeness (QED) is 0.776. The van der Waals surface area contributed by atoms with Crippen molar-refractivity contribution >= 4 is 11.0 Å². The fourth-order valence-corrected chi connectivity index (χ4v) is 1.79. The van der Waals surface area contributed by atoms with E-state index < -0.39 is 0 Å². The van der Waals surface area contributed by atoms with E-state index in [9.17, 15) is 0 Å². The summed E-state index contributed by atoms with van der Waals surface area (Å²) in [5, 5.41) is 3.27. The summed E-state index contributed by atoms with van der Waals surface area (Å²) in [5.74, 6) is 0.973. The minimum absolute atomic E-state index is 0.721. The molecular weight excluding hydrogens is 214 g/mol. The van der Waals surface area contributed by atoms with Crippen molar-refractivity contribution in [3.8, 4) is 0 Å². The Hall–Kier alpha value is -1.39. The van der Waals surface area contributed by atoms with E-state index in [4.69, 9.17) is 4.74 Å². The molecule has 1 aromatic heterocycles. The zero-order chi connectivity index (χ0) is 12.3. The molecule has 0 unspecified atom stereocenters. The van der Waals surface area contributed by atoms with Crippen LogP contribution < -0.4 is 5.32 Å². The highest BCUT2D eigenvalue weighted by atomic mass is 16.5. The Labute approximate surface area is 101 Å². The molecule has 2 rings (SSSR count). The molecule has 2 aromatic rings. The third-order valence-corrected chi connectivity index (χ3v) is 2.92. The molecule has 2 N–H and O–H groups in total. The number of H-pyrrole nitrogens is 1. The SMILES string of the molecule is COCCNCc1nc2cc(C)c(C)cc2[nH]1. The van der Waals surface area contributed by atoms with Gasteiger partial charge in [-0.05, 0) is 37.1 Å². The van der Waals surface area contributed by atoms with Gasteiger partial charge in [0.2, 0.25) is 0 Å². The number of aromatic nitrogens is 2. The van der Waals surface area contributed by atoms with Crippen molar-refractivity contribution < 1.29 is 4.74 Å². The fraction of sp³-hybridized carbons (Fsp3) is 0.462. The zero-order valence-corrected chi connectivity index (χ0v) is 10.6. The van der Waals surface area contributed by atoms with Crippen molar-refractivity contribution in [3.63, 3.8) is 0 Å². The summed E-state index contributed by atoms with van der Waals surface area (Å²) >= 11 is 0. The molecule has 1 heterocycles. The van der Waals surface area contributed by atoms with Gasteiger partial charge in [0.05, 0.1) is 24.2 Å². The standard InChI is InChI=1S/C13H19N3O/c1-9-6-11-12(7-10(9)2)16-13(15-11)8-14-4-5-17-3/h6-7,14H,4-5,8H2,1-3H3,(H,15,16). The van der Waals surface area contributed by atoms with Gasteiger partial charge in [-0.2, -0.15) is 0 Å². The largest absolute Gasteiger partial charge is 0.383 e. The molecule has 0 saturated carbocycles. The predicted octanol–water partition coefficient (Wildman–Crippen LogP) is 1.92. The summed E-state index contributed by atoms with van der Waals surface area (Å²) in [6.07, 6.45) is 0. The van der Waals surface area contributed by atoms with Crippen molar-refractivity contribution in [1.82, 2.24) is 15.3 Å². The second kappa shape index (κ2) is 5.29. The molecule has 1 aromatic carbocycles. The van der Waals surface area contributed by atoms with Crippen LogP contribution in [0, 0.1) is 13.8 Å². The third-order valence-electron chi connectivity index (χ3n) is 2.92. The van der Waals surface area contributed by atoms with Crippen LogP contribution in [0.4, 0.5) is 0 Å². The number of aromatic amines is 1. The Morgan fingerprint density at radius 3 is 2.82 bits per heavy atom. The van der Waals surface area contributed by atoms with Gasteiger partial charge in [-0.1, -0.05) is 0 Å². The van der Waals surface area contributed by atoms with E-state index in [1.807, 2.05) is 0 Å². The van der Waals surface area contributed by atoms with Crippen molar-refractivity contribution in [2.45, 2.75) is 20.4 Å². The Morgan fingerprint density at radius 1 is 1.29 bits per heavy atom. The molecular formula is C13H19N3O. The van der Waals surface area contributed by atoms with Crippen LogP contribution in [-0.2, 0) is 11.3 Å². The van der Waals surface area contributed by atoms with Gasteiger partial charge in [0.25, 0.3) is 0 Å². The highest BCUT2D eigenvalue weighted by molar-refractivity contribution is 5.77. The van der Waals surface area contributed by atoms with Gasteiger partial charge in [-0.15, -0.1) is 0 Å². The summed E-state index contributed by atoms with van der Waals surface area (Å²) in [6, 6.07) is 4.27. The van der Waals surface area contributed by atoms with Crippen LogP contribution in [0.25, 0.3) is 11.0 Å². The summed E-state index contributed by atoms with van der Waals surface area (Å²) in [6.45, 7) is 6.53. The molecule has 0 radical (unpaired) electrons. The van der Waals surface area contributed by atoms with Crippen LogP contribution in [-0.4, -0.2) is 30.2 Å². The average Bonchev–Trinajstić information content (AvgIpc) is 2.67. The van der Waals surface area contributed by atoms with E-state index >= 15 is 0 Å². The number of hydrogen-bond acceptors (Lipinski definition) is 3. The molecule has 0 saturated heterocycles. The molecule has 0 aliphatic rings. The zero-order valence-electron chi connectivity index (χ0n) is 10.6. The lowest BCUT2D eigenvalue weighted by molar-refractivity contribution is 0.199. The maximum Gasteiger partial charge on any atom is 0.121 e. The van der Waals surface area contributed by atoms with Gasteiger partial charge >= 0.3 is 0 Å².